The van der Waals surface area contributed by atoms with Crippen LogP contribution in [0.4, 0.5) is 5.69 Å². The number of anilines is 1. The van der Waals surface area contributed by atoms with E-state index < -0.39 is 0 Å². The molecular weight excluding hydrogens is 458 g/mol. The molecule has 0 saturated carbocycles. The Balaban J connectivity index is 1.41. The van der Waals surface area contributed by atoms with Gasteiger partial charge in [0.2, 0.25) is 11.8 Å². The van der Waals surface area contributed by atoms with Crippen molar-refractivity contribution in [2.45, 2.75) is 20.8 Å². The molecule has 0 radical (unpaired) electrons. The van der Waals surface area contributed by atoms with Crippen molar-refractivity contribution in [1.29, 1.82) is 0 Å². The van der Waals surface area contributed by atoms with Gasteiger partial charge in [-0.2, -0.15) is 4.98 Å². The topological polar surface area (TPSA) is 100 Å². The van der Waals surface area contributed by atoms with E-state index in [2.05, 4.69) is 20.3 Å². The Kier molecular flexibility index (Phi) is 7.29. The smallest absolute Gasteiger partial charge is 0.248 e. The molecule has 0 bridgehead atoms. The second-order valence-electron chi connectivity index (χ2n) is 7.96. The van der Waals surface area contributed by atoms with Crippen molar-refractivity contribution in [3.63, 3.8) is 0 Å². The summed E-state index contributed by atoms with van der Waals surface area (Å²) < 4.78 is 18.4. The molecule has 4 aromatic rings. The summed E-state index contributed by atoms with van der Waals surface area (Å²) in [6.07, 6.45) is 4.89. The molecule has 2 heterocycles. The van der Waals surface area contributed by atoms with Crippen molar-refractivity contribution >= 4 is 17.7 Å². The van der Waals surface area contributed by atoms with Crippen molar-refractivity contribution in [2.24, 2.45) is 0 Å². The summed E-state index contributed by atoms with van der Waals surface area (Å²) in [5.74, 6) is 3.22. The zero-order valence-electron chi connectivity index (χ0n) is 20.8. The van der Waals surface area contributed by atoms with Crippen LogP contribution >= 0.6 is 0 Å². The van der Waals surface area contributed by atoms with Crippen molar-refractivity contribution in [3.8, 4) is 28.9 Å². The number of aromatic nitrogens is 4. The fourth-order valence-corrected chi connectivity index (χ4v) is 3.47. The maximum absolute atomic E-state index is 12.4. The Morgan fingerprint density at radius 2 is 1.69 bits per heavy atom. The van der Waals surface area contributed by atoms with Crippen molar-refractivity contribution in [1.82, 2.24) is 19.5 Å². The Morgan fingerprint density at radius 1 is 0.944 bits per heavy atom. The van der Waals surface area contributed by atoms with E-state index in [-0.39, 0.29) is 5.91 Å². The van der Waals surface area contributed by atoms with Gasteiger partial charge >= 0.3 is 0 Å². The van der Waals surface area contributed by atoms with Gasteiger partial charge in [-0.25, -0.2) is 9.97 Å². The number of aryl methyl sites for hydroxylation is 2. The Bertz CT molecular complexity index is 1410. The van der Waals surface area contributed by atoms with Gasteiger partial charge in [0.05, 0.1) is 19.9 Å². The Hall–Kier alpha value is -4.66. The second-order valence-corrected chi connectivity index (χ2v) is 7.96. The average molecular weight is 486 g/mol. The standard InChI is InChI=1S/C27H27N5O4/c1-17-18(2)32(16-28-17)25-15-27(30-19(3)29-25)36-22-10-8-21(9-11-22)31-26(33)13-7-20-6-12-23(34-4)24(14-20)35-5/h6-16H,1-5H3,(H,31,33)/b13-7+. The lowest BCUT2D eigenvalue weighted by molar-refractivity contribution is -0.111. The van der Waals surface area contributed by atoms with Crippen LogP contribution in [-0.2, 0) is 4.79 Å². The molecule has 9 nitrogen and oxygen atoms in total. The highest BCUT2D eigenvalue weighted by Gasteiger charge is 2.10. The number of methoxy groups -OCH3 is 2. The predicted molar refractivity (Wildman–Crippen MR) is 137 cm³/mol. The minimum atomic E-state index is -0.263. The third-order valence-electron chi connectivity index (χ3n) is 5.48. The summed E-state index contributed by atoms with van der Waals surface area (Å²) in [5, 5.41) is 2.83. The van der Waals surface area contributed by atoms with E-state index in [1.807, 2.05) is 31.4 Å². The molecule has 0 aliphatic heterocycles. The molecule has 9 heteroatoms. The monoisotopic (exact) mass is 485 g/mol. The molecule has 2 aromatic carbocycles. The molecule has 0 unspecified atom stereocenters. The quantitative estimate of drug-likeness (QED) is 0.349. The van der Waals surface area contributed by atoms with Crippen LogP contribution in [0.1, 0.15) is 22.8 Å². The highest BCUT2D eigenvalue weighted by Crippen LogP contribution is 2.28. The van der Waals surface area contributed by atoms with Crippen molar-refractivity contribution in [2.75, 3.05) is 19.5 Å². The lowest BCUT2D eigenvalue weighted by Crippen LogP contribution is -2.07. The summed E-state index contributed by atoms with van der Waals surface area (Å²) in [5.41, 5.74) is 3.38. The molecule has 1 N–H and O–H groups in total. The van der Waals surface area contributed by atoms with E-state index in [9.17, 15) is 4.79 Å². The minimum Gasteiger partial charge on any atom is -0.493 e. The maximum atomic E-state index is 12.4. The summed E-state index contributed by atoms with van der Waals surface area (Å²) in [6.45, 7) is 5.74. The Morgan fingerprint density at radius 3 is 2.36 bits per heavy atom. The van der Waals surface area contributed by atoms with Gasteiger partial charge in [-0.15, -0.1) is 0 Å². The zero-order chi connectivity index (χ0) is 25.7. The van der Waals surface area contributed by atoms with Crippen LogP contribution in [0.15, 0.2) is 60.9 Å². The van der Waals surface area contributed by atoms with Gasteiger partial charge in [-0.1, -0.05) is 6.07 Å². The lowest BCUT2D eigenvalue weighted by Gasteiger charge is -2.10. The van der Waals surface area contributed by atoms with Gasteiger partial charge in [0.15, 0.2) is 11.5 Å². The lowest BCUT2D eigenvalue weighted by atomic mass is 10.2. The average Bonchev–Trinajstić information content (AvgIpc) is 3.21. The molecule has 0 atom stereocenters. The Labute approximate surface area is 209 Å². The number of hydrogen-bond donors (Lipinski definition) is 1. The number of nitrogens with one attached hydrogen (secondary N) is 1. The first-order valence-corrected chi connectivity index (χ1v) is 11.2. The van der Waals surface area contributed by atoms with Crippen LogP contribution in [0.2, 0.25) is 0 Å². The summed E-state index contributed by atoms with van der Waals surface area (Å²) in [4.78, 5) is 25.6. The summed E-state index contributed by atoms with van der Waals surface area (Å²) in [6, 6.07) is 14.2. The van der Waals surface area contributed by atoms with Crippen molar-refractivity contribution < 1.29 is 19.0 Å². The molecule has 0 aliphatic rings. The normalized spacial score (nSPS) is 10.9. The van der Waals surface area contributed by atoms with Crippen LogP contribution in [-0.4, -0.2) is 39.6 Å². The summed E-state index contributed by atoms with van der Waals surface area (Å²) in [7, 11) is 3.14. The van der Waals surface area contributed by atoms with E-state index in [0.29, 0.717) is 40.5 Å². The minimum absolute atomic E-state index is 0.263. The number of rotatable bonds is 8. The van der Waals surface area contributed by atoms with Crippen LogP contribution in [0, 0.1) is 20.8 Å². The van der Waals surface area contributed by atoms with Gasteiger partial charge in [0, 0.05) is 23.5 Å². The number of benzene rings is 2. The van der Waals surface area contributed by atoms with Crippen LogP contribution in [0.3, 0.4) is 0 Å². The highest BCUT2D eigenvalue weighted by atomic mass is 16.5. The number of imidazole rings is 1. The maximum Gasteiger partial charge on any atom is 0.248 e. The van der Waals surface area contributed by atoms with Gasteiger partial charge < -0.3 is 19.5 Å². The number of ether oxygens (including phenoxy) is 3. The molecule has 0 aliphatic carbocycles. The number of hydrogen-bond acceptors (Lipinski definition) is 7. The SMILES string of the molecule is COc1ccc(/C=C/C(=O)Nc2ccc(Oc3cc(-n4cnc(C)c4C)nc(C)n3)cc2)cc1OC. The third-order valence-corrected chi connectivity index (χ3v) is 5.48. The first-order valence-electron chi connectivity index (χ1n) is 11.2. The molecule has 4 rings (SSSR count). The van der Waals surface area contributed by atoms with E-state index >= 15 is 0 Å². The molecule has 0 spiro atoms. The van der Waals surface area contributed by atoms with E-state index in [0.717, 1.165) is 17.0 Å². The van der Waals surface area contributed by atoms with Crippen LogP contribution < -0.4 is 19.5 Å². The fourth-order valence-electron chi connectivity index (χ4n) is 3.47. The summed E-state index contributed by atoms with van der Waals surface area (Å²) >= 11 is 0. The van der Waals surface area contributed by atoms with Gasteiger partial charge in [0.1, 0.15) is 23.7 Å². The molecular formula is C27H27N5O4. The van der Waals surface area contributed by atoms with Crippen molar-refractivity contribution in [3.05, 3.63) is 83.7 Å². The van der Waals surface area contributed by atoms with Gasteiger partial charge in [-0.3, -0.25) is 9.36 Å². The number of carbonyl (C=O) groups is 1. The van der Waals surface area contributed by atoms with Crippen LogP contribution in [0.25, 0.3) is 11.9 Å². The molecule has 36 heavy (non-hydrogen) atoms. The number of nitrogens with zero attached hydrogens (tertiary/aromatic N) is 4. The van der Waals surface area contributed by atoms with E-state index in [4.69, 9.17) is 14.2 Å². The molecule has 184 valence electrons. The largest absolute Gasteiger partial charge is 0.493 e. The molecule has 1 amide bonds. The highest BCUT2D eigenvalue weighted by molar-refractivity contribution is 6.02. The fraction of sp³-hybridized carbons (Fsp3) is 0.185. The first-order chi connectivity index (χ1) is 17.4. The zero-order valence-corrected chi connectivity index (χ0v) is 20.8. The number of carbonyl (C=O) groups excluding carboxylic acids is 1. The predicted octanol–water partition coefficient (Wildman–Crippen LogP) is 5.05. The van der Waals surface area contributed by atoms with Crippen LogP contribution in [0.5, 0.6) is 23.1 Å². The van der Waals surface area contributed by atoms with E-state index in [1.165, 1.54) is 6.08 Å². The first kappa shape index (κ1) is 24.5. The van der Waals surface area contributed by atoms with Gasteiger partial charge in [-0.05, 0) is 68.8 Å². The molecule has 0 fully saturated rings. The molecule has 0 saturated heterocycles. The number of amides is 1. The third kappa shape index (κ3) is 5.69. The second kappa shape index (κ2) is 10.7. The van der Waals surface area contributed by atoms with Gasteiger partial charge in [0.25, 0.3) is 0 Å². The van der Waals surface area contributed by atoms with E-state index in [1.54, 1.807) is 69.1 Å². The molecule has 2 aromatic heterocycles.